The average Bonchev–Trinajstić information content (AvgIpc) is 2.50. The van der Waals surface area contributed by atoms with Gasteiger partial charge in [0.25, 0.3) is 0 Å². The lowest BCUT2D eigenvalue weighted by Crippen LogP contribution is -3.00. The minimum Gasteiger partial charge on any atom is -1.00 e. The Labute approximate surface area is 156 Å². The van der Waals surface area contributed by atoms with Crippen molar-refractivity contribution >= 4 is 0 Å². The van der Waals surface area contributed by atoms with Crippen LogP contribution in [0.15, 0.2) is 54.6 Å². The molecule has 124 valence electrons. The van der Waals surface area contributed by atoms with Crippen molar-refractivity contribution in [2.24, 2.45) is 5.92 Å². The molecule has 0 aliphatic heterocycles. The van der Waals surface area contributed by atoms with Gasteiger partial charge < -0.3 is 33.6 Å². The van der Waals surface area contributed by atoms with Crippen LogP contribution in [0.3, 0.4) is 0 Å². The maximum atomic E-state index is 11.0. The fraction of sp³-hybridized carbons (Fsp3) is 0.400. The third-order valence-corrected chi connectivity index (χ3v) is 4.91. The van der Waals surface area contributed by atoms with Gasteiger partial charge in [-0.3, -0.25) is 0 Å². The van der Waals surface area contributed by atoms with Gasteiger partial charge in [0.1, 0.15) is 6.04 Å². The van der Waals surface area contributed by atoms with Gasteiger partial charge in [-0.25, -0.2) is 0 Å². The molecule has 0 amide bonds. The predicted molar refractivity (Wildman–Crippen MR) is 90.4 cm³/mol. The van der Waals surface area contributed by atoms with Crippen LogP contribution in [-0.4, -0.2) is 30.7 Å². The standard InChI is InChI=1S/C20H26NO.HI/c1-21(2,3)19(16-10-5-4-6-11-16)18-14-13-15-9-7-8-12-17(15)20(18)22;/h4-12,18-20,22H,13-14H2,1-3H3;1H/q+1;/p-1/t18-,19-,20+;/m0./s1. The van der Waals surface area contributed by atoms with Gasteiger partial charge in [0.15, 0.2) is 0 Å². The number of aliphatic hydroxyl groups excluding tert-OH is 1. The second kappa shape index (κ2) is 7.32. The molecule has 1 aliphatic carbocycles. The Morgan fingerprint density at radius 2 is 1.57 bits per heavy atom. The summed E-state index contributed by atoms with van der Waals surface area (Å²) in [5.41, 5.74) is 3.74. The second-order valence-electron chi connectivity index (χ2n) is 7.32. The molecule has 0 heterocycles. The first-order chi connectivity index (χ1) is 10.5. The molecular formula is C20H26INO. The Morgan fingerprint density at radius 1 is 0.957 bits per heavy atom. The number of rotatable bonds is 3. The molecule has 3 atom stereocenters. The lowest BCUT2D eigenvalue weighted by Gasteiger charge is -2.43. The van der Waals surface area contributed by atoms with E-state index in [1.807, 2.05) is 6.07 Å². The molecule has 3 rings (SSSR count). The molecule has 2 nitrogen and oxygen atoms in total. The fourth-order valence-corrected chi connectivity index (χ4v) is 4.01. The van der Waals surface area contributed by atoms with Gasteiger partial charge in [0.2, 0.25) is 0 Å². The number of quaternary nitrogens is 1. The molecule has 0 bridgehead atoms. The largest absolute Gasteiger partial charge is 1.00 e. The average molecular weight is 423 g/mol. The topological polar surface area (TPSA) is 20.2 Å². The molecule has 1 N–H and O–H groups in total. The molecule has 1 aliphatic rings. The first-order valence-electron chi connectivity index (χ1n) is 8.10. The van der Waals surface area contributed by atoms with Gasteiger partial charge in [-0.1, -0.05) is 54.6 Å². The van der Waals surface area contributed by atoms with Crippen molar-refractivity contribution in [3.8, 4) is 0 Å². The minimum atomic E-state index is -0.382. The summed E-state index contributed by atoms with van der Waals surface area (Å²) < 4.78 is 0.827. The highest BCUT2D eigenvalue weighted by molar-refractivity contribution is 5.33. The van der Waals surface area contributed by atoms with Crippen LogP contribution in [0.25, 0.3) is 0 Å². The summed E-state index contributed by atoms with van der Waals surface area (Å²) in [5.74, 6) is 0.247. The third-order valence-electron chi connectivity index (χ3n) is 4.91. The van der Waals surface area contributed by atoms with Crippen molar-refractivity contribution in [1.29, 1.82) is 0 Å². The Hall–Kier alpha value is -0.910. The zero-order chi connectivity index (χ0) is 15.7. The number of fused-ring (bicyclic) bond motifs is 1. The van der Waals surface area contributed by atoms with Crippen LogP contribution in [-0.2, 0) is 6.42 Å². The van der Waals surface area contributed by atoms with Crippen LogP contribution in [0.5, 0.6) is 0 Å². The van der Waals surface area contributed by atoms with E-state index >= 15 is 0 Å². The lowest BCUT2D eigenvalue weighted by molar-refractivity contribution is -0.907. The first-order valence-corrected chi connectivity index (χ1v) is 8.10. The van der Waals surface area contributed by atoms with E-state index in [0.717, 1.165) is 22.9 Å². The number of aryl methyl sites for hydroxylation is 1. The highest BCUT2D eigenvalue weighted by atomic mass is 127. The molecule has 2 aromatic carbocycles. The number of halogens is 1. The van der Waals surface area contributed by atoms with Gasteiger partial charge >= 0.3 is 0 Å². The van der Waals surface area contributed by atoms with Crippen LogP contribution in [0.2, 0.25) is 0 Å². The van der Waals surface area contributed by atoms with Gasteiger partial charge in [0.05, 0.1) is 27.2 Å². The van der Waals surface area contributed by atoms with E-state index in [2.05, 4.69) is 69.7 Å². The second-order valence-corrected chi connectivity index (χ2v) is 7.32. The van der Waals surface area contributed by atoms with Crippen molar-refractivity contribution in [1.82, 2.24) is 0 Å². The molecule has 0 saturated carbocycles. The van der Waals surface area contributed by atoms with Crippen LogP contribution in [0.1, 0.15) is 35.3 Å². The number of aliphatic hydroxyl groups is 1. The number of nitrogens with zero attached hydrogens (tertiary/aromatic N) is 1. The summed E-state index contributed by atoms with van der Waals surface area (Å²) in [7, 11) is 6.68. The van der Waals surface area contributed by atoms with Crippen molar-refractivity contribution in [2.75, 3.05) is 21.1 Å². The summed E-state index contributed by atoms with van der Waals surface area (Å²) >= 11 is 0. The smallest absolute Gasteiger partial charge is 0.120 e. The molecule has 0 unspecified atom stereocenters. The van der Waals surface area contributed by atoms with Crippen LogP contribution in [0.4, 0.5) is 0 Å². The van der Waals surface area contributed by atoms with E-state index in [1.54, 1.807) is 0 Å². The predicted octanol–water partition coefficient (Wildman–Crippen LogP) is 0.734. The van der Waals surface area contributed by atoms with E-state index in [0.29, 0.717) is 6.04 Å². The zero-order valence-corrected chi connectivity index (χ0v) is 16.3. The maximum absolute atomic E-state index is 11.0. The molecule has 0 radical (unpaired) electrons. The molecule has 2 aromatic rings. The molecular weight excluding hydrogens is 397 g/mol. The first kappa shape index (κ1) is 18.4. The van der Waals surface area contributed by atoms with E-state index in [1.165, 1.54) is 11.1 Å². The number of hydrogen-bond acceptors (Lipinski definition) is 1. The maximum Gasteiger partial charge on any atom is 0.120 e. The fourth-order valence-electron chi connectivity index (χ4n) is 4.01. The van der Waals surface area contributed by atoms with Crippen molar-refractivity contribution in [2.45, 2.75) is 25.0 Å². The highest BCUT2D eigenvalue weighted by Gasteiger charge is 2.41. The van der Waals surface area contributed by atoms with E-state index in [4.69, 9.17) is 0 Å². The van der Waals surface area contributed by atoms with Crippen LogP contribution < -0.4 is 24.0 Å². The molecule has 0 fully saturated rings. The van der Waals surface area contributed by atoms with Crippen molar-refractivity contribution in [3.05, 3.63) is 71.3 Å². The van der Waals surface area contributed by atoms with Gasteiger partial charge in [-0.2, -0.15) is 0 Å². The normalized spacial score (nSPS) is 21.9. The summed E-state index contributed by atoms with van der Waals surface area (Å²) in [6.45, 7) is 0. The monoisotopic (exact) mass is 423 g/mol. The summed E-state index contributed by atoms with van der Waals surface area (Å²) in [4.78, 5) is 0. The quantitative estimate of drug-likeness (QED) is 0.571. The molecule has 23 heavy (non-hydrogen) atoms. The van der Waals surface area contributed by atoms with Crippen molar-refractivity contribution in [3.63, 3.8) is 0 Å². The summed E-state index contributed by atoms with van der Waals surface area (Å²) in [6.07, 6.45) is 1.71. The number of benzene rings is 2. The van der Waals surface area contributed by atoms with Gasteiger partial charge in [-0.15, -0.1) is 0 Å². The van der Waals surface area contributed by atoms with Gasteiger partial charge in [0, 0.05) is 11.5 Å². The molecule has 0 aromatic heterocycles. The highest BCUT2D eigenvalue weighted by Crippen LogP contribution is 2.44. The summed E-state index contributed by atoms with van der Waals surface area (Å²) in [5, 5.41) is 11.0. The van der Waals surface area contributed by atoms with Gasteiger partial charge in [-0.05, 0) is 24.0 Å². The van der Waals surface area contributed by atoms with E-state index in [-0.39, 0.29) is 36.0 Å². The lowest BCUT2D eigenvalue weighted by atomic mass is 9.75. The molecule has 0 spiro atoms. The third kappa shape index (κ3) is 3.78. The Balaban J connectivity index is 0.00000192. The van der Waals surface area contributed by atoms with E-state index < -0.39 is 0 Å². The zero-order valence-electron chi connectivity index (χ0n) is 14.1. The Morgan fingerprint density at radius 3 is 2.22 bits per heavy atom. The molecule has 0 saturated heterocycles. The summed E-state index contributed by atoms with van der Waals surface area (Å²) in [6, 6.07) is 19.3. The van der Waals surface area contributed by atoms with Crippen molar-refractivity contribution < 1.29 is 33.6 Å². The molecule has 3 heteroatoms. The van der Waals surface area contributed by atoms with E-state index in [9.17, 15) is 5.11 Å². The Kier molecular flexibility index (Phi) is 5.87. The number of hydrogen-bond donors (Lipinski definition) is 1. The van der Waals surface area contributed by atoms with Crippen LogP contribution >= 0.6 is 0 Å². The van der Waals surface area contributed by atoms with Crippen LogP contribution in [0, 0.1) is 5.92 Å². The Bertz CT molecular complexity index is 636. The minimum absolute atomic E-state index is 0. The SMILES string of the molecule is C[N+](C)(C)[C@@H](c1ccccc1)[C@@H]1CCc2ccccc2[C@H]1O.[I-].